The normalized spacial score (nSPS) is 11.4. The Labute approximate surface area is 160 Å². The fraction of sp³-hybridized carbons (Fsp3) is 0.263. The lowest BCUT2D eigenvalue weighted by Gasteiger charge is -2.18. The van der Waals surface area contributed by atoms with Crippen molar-refractivity contribution in [2.75, 3.05) is 11.9 Å². The van der Waals surface area contributed by atoms with Gasteiger partial charge >= 0.3 is 5.69 Å². The van der Waals surface area contributed by atoms with Crippen LogP contribution in [-0.2, 0) is 10.2 Å². The van der Waals surface area contributed by atoms with Crippen LogP contribution >= 0.6 is 11.3 Å². The molecule has 1 aromatic heterocycles. The van der Waals surface area contributed by atoms with E-state index in [0.717, 1.165) is 10.2 Å². The zero-order valence-corrected chi connectivity index (χ0v) is 16.0. The average molecular weight is 385 g/mol. The number of para-hydroxylation sites is 2. The van der Waals surface area contributed by atoms with Crippen molar-refractivity contribution in [3.63, 3.8) is 0 Å². The van der Waals surface area contributed by atoms with E-state index < -0.39 is 10.8 Å². The lowest BCUT2D eigenvalue weighted by Crippen LogP contribution is -2.20. The first-order chi connectivity index (χ1) is 12.7. The van der Waals surface area contributed by atoms with Crippen molar-refractivity contribution in [3.05, 3.63) is 58.1 Å². The molecule has 0 saturated carbocycles. The molecule has 8 heteroatoms. The number of ether oxygens (including phenoxy) is 1. The van der Waals surface area contributed by atoms with Crippen molar-refractivity contribution in [1.82, 2.24) is 4.98 Å². The number of benzene rings is 2. The summed E-state index contributed by atoms with van der Waals surface area (Å²) < 4.78 is 6.28. The van der Waals surface area contributed by atoms with E-state index in [2.05, 4.69) is 37.1 Å². The minimum absolute atomic E-state index is 0.0276. The van der Waals surface area contributed by atoms with Gasteiger partial charge in [-0.25, -0.2) is 4.98 Å². The molecule has 0 fully saturated rings. The second kappa shape index (κ2) is 7.32. The van der Waals surface area contributed by atoms with Gasteiger partial charge in [0.1, 0.15) is 0 Å². The summed E-state index contributed by atoms with van der Waals surface area (Å²) in [4.78, 5) is 27.0. The Hall–Kier alpha value is -3.00. The number of hydrogen-bond donors (Lipinski definition) is 1. The van der Waals surface area contributed by atoms with Gasteiger partial charge in [-0.3, -0.25) is 20.2 Å². The largest absolute Gasteiger partial charge is 0.477 e. The number of amides is 1. The highest BCUT2D eigenvalue weighted by molar-refractivity contribution is 7.22. The number of carbonyl (C=O) groups excluding carboxylic acids is 1. The van der Waals surface area contributed by atoms with Gasteiger partial charge in [0.05, 0.1) is 15.1 Å². The summed E-state index contributed by atoms with van der Waals surface area (Å²) in [6.45, 7) is 6.07. The van der Waals surface area contributed by atoms with Crippen LogP contribution in [-0.4, -0.2) is 22.4 Å². The zero-order chi connectivity index (χ0) is 19.6. The molecular weight excluding hydrogens is 366 g/mol. The molecule has 1 N–H and O–H groups in total. The third kappa shape index (κ3) is 4.40. The van der Waals surface area contributed by atoms with E-state index in [0.29, 0.717) is 5.13 Å². The predicted octanol–water partition coefficient (Wildman–Crippen LogP) is 4.52. The van der Waals surface area contributed by atoms with Gasteiger partial charge in [-0.1, -0.05) is 50.3 Å². The molecule has 1 heterocycles. The Balaban J connectivity index is 1.69. The molecular formula is C19H19N3O4S. The topological polar surface area (TPSA) is 94.4 Å². The van der Waals surface area contributed by atoms with E-state index in [-0.39, 0.29) is 23.5 Å². The molecule has 3 rings (SSSR count). The van der Waals surface area contributed by atoms with Crippen LogP contribution in [0.1, 0.15) is 26.3 Å². The Bertz CT molecular complexity index is 1010. The molecule has 140 valence electrons. The Morgan fingerprint density at radius 3 is 2.70 bits per heavy atom. The number of rotatable bonds is 5. The second-order valence-corrected chi connectivity index (χ2v) is 8.04. The number of anilines is 1. The minimum Gasteiger partial charge on any atom is -0.477 e. The quantitative estimate of drug-likeness (QED) is 0.515. The van der Waals surface area contributed by atoms with Crippen LogP contribution in [0.5, 0.6) is 5.75 Å². The summed E-state index contributed by atoms with van der Waals surface area (Å²) >= 11 is 1.38. The maximum atomic E-state index is 12.1. The van der Waals surface area contributed by atoms with Crippen LogP contribution in [0.3, 0.4) is 0 Å². The van der Waals surface area contributed by atoms with E-state index in [1.165, 1.54) is 35.1 Å². The molecule has 0 saturated heterocycles. The van der Waals surface area contributed by atoms with Crippen molar-refractivity contribution in [3.8, 4) is 5.75 Å². The van der Waals surface area contributed by atoms with Gasteiger partial charge in [0.25, 0.3) is 5.91 Å². The predicted molar refractivity (Wildman–Crippen MR) is 106 cm³/mol. The van der Waals surface area contributed by atoms with Gasteiger partial charge < -0.3 is 4.74 Å². The number of nitro benzene ring substituents is 1. The van der Waals surface area contributed by atoms with E-state index in [1.807, 2.05) is 12.1 Å². The van der Waals surface area contributed by atoms with Gasteiger partial charge in [-0.05, 0) is 29.2 Å². The van der Waals surface area contributed by atoms with E-state index >= 15 is 0 Å². The molecule has 2 aromatic carbocycles. The average Bonchev–Trinajstić information content (AvgIpc) is 3.00. The maximum Gasteiger partial charge on any atom is 0.310 e. The van der Waals surface area contributed by atoms with Crippen LogP contribution in [0.2, 0.25) is 0 Å². The second-order valence-electron chi connectivity index (χ2n) is 7.01. The van der Waals surface area contributed by atoms with Gasteiger partial charge in [-0.15, -0.1) is 0 Å². The lowest BCUT2D eigenvalue weighted by molar-refractivity contribution is -0.385. The highest BCUT2D eigenvalue weighted by atomic mass is 32.1. The Morgan fingerprint density at radius 2 is 2.00 bits per heavy atom. The third-order valence-corrected chi connectivity index (χ3v) is 4.86. The third-order valence-electron chi connectivity index (χ3n) is 3.92. The first kappa shape index (κ1) is 18.8. The fourth-order valence-corrected chi connectivity index (χ4v) is 3.39. The number of nitro groups is 1. The number of fused-ring (bicyclic) bond motifs is 1. The smallest absolute Gasteiger partial charge is 0.310 e. The fourth-order valence-electron chi connectivity index (χ4n) is 2.47. The number of nitrogens with zero attached hydrogens (tertiary/aromatic N) is 2. The maximum absolute atomic E-state index is 12.1. The molecule has 0 aliphatic carbocycles. The molecule has 27 heavy (non-hydrogen) atoms. The first-order valence-electron chi connectivity index (χ1n) is 8.31. The van der Waals surface area contributed by atoms with Gasteiger partial charge in [0, 0.05) is 6.07 Å². The van der Waals surface area contributed by atoms with E-state index in [9.17, 15) is 14.9 Å². The SMILES string of the molecule is CC(C)(C)c1ccc2nc(NC(=O)COc3ccccc3[N+](=O)[O-])sc2c1. The molecule has 0 aliphatic heterocycles. The molecule has 0 spiro atoms. The van der Waals surface area contributed by atoms with E-state index in [1.54, 1.807) is 6.07 Å². The van der Waals surface area contributed by atoms with Crippen molar-refractivity contribution in [2.24, 2.45) is 0 Å². The zero-order valence-electron chi connectivity index (χ0n) is 15.2. The van der Waals surface area contributed by atoms with Crippen LogP contribution in [0.4, 0.5) is 10.8 Å². The highest BCUT2D eigenvalue weighted by Crippen LogP contribution is 2.31. The molecule has 0 aliphatic rings. The van der Waals surface area contributed by atoms with Gasteiger partial charge in [0.2, 0.25) is 0 Å². The highest BCUT2D eigenvalue weighted by Gasteiger charge is 2.17. The molecule has 3 aromatic rings. The van der Waals surface area contributed by atoms with E-state index in [4.69, 9.17) is 4.74 Å². The summed E-state index contributed by atoms with van der Waals surface area (Å²) in [5.41, 5.74) is 1.85. The van der Waals surface area contributed by atoms with Crippen LogP contribution in [0.25, 0.3) is 10.2 Å². The van der Waals surface area contributed by atoms with Crippen LogP contribution in [0, 0.1) is 10.1 Å². The number of nitrogens with one attached hydrogen (secondary N) is 1. The molecule has 0 unspecified atom stereocenters. The number of thiazole rings is 1. The molecule has 1 amide bonds. The first-order valence-corrected chi connectivity index (χ1v) is 9.13. The number of carbonyl (C=O) groups is 1. The summed E-state index contributed by atoms with van der Waals surface area (Å²) in [5.74, 6) is -0.375. The Morgan fingerprint density at radius 1 is 1.26 bits per heavy atom. The van der Waals surface area contributed by atoms with Crippen molar-refractivity contribution in [2.45, 2.75) is 26.2 Å². The molecule has 7 nitrogen and oxygen atoms in total. The van der Waals surface area contributed by atoms with Gasteiger partial charge in [0.15, 0.2) is 17.5 Å². The number of aromatic nitrogens is 1. The minimum atomic E-state index is -0.548. The molecule has 0 bridgehead atoms. The monoisotopic (exact) mass is 385 g/mol. The van der Waals surface area contributed by atoms with Gasteiger partial charge in [-0.2, -0.15) is 0 Å². The molecule has 0 atom stereocenters. The summed E-state index contributed by atoms with van der Waals surface area (Å²) in [6.07, 6.45) is 0. The Kier molecular flexibility index (Phi) is 5.09. The summed E-state index contributed by atoms with van der Waals surface area (Å²) in [5, 5.41) is 14.1. The summed E-state index contributed by atoms with van der Waals surface area (Å²) in [7, 11) is 0. The van der Waals surface area contributed by atoms with Crippen molar-refractivity contribution >= 4 is 38.3 Å². The van der Waals surface area contributed by atoms with Crippen molar-refractivity contribution in [1.29, 1.82) is 0 Å². The van der Waals surface area contributed by atoms with Crippen LogP contribution in [0.15, 0.2) is 42.5 Å². The van der Waals surface area contributed by atoms with Crippen molar-refractivity contribution < 1.29 is 14.5 Å². The standard InChI is InChI=1S/C19H19N3O4S/c1-19(2,3)12-8-9-13-16(10-12)27-18(20-13)21-17(23)11-26-15-7-5-4-6-14(15)22(24)25/h4-10H,11H2,1-3H3,(H,20,21,23). The number of hydrogen-bond acceptors (Lipinski definition) is 6. The summed E-state index contributed by atoms with van der Waals surface area (Å²) in [6, 6.07) is 12.0. The van der Waals surface area contributed by atoms with Crippen LogP contribution < -0.4 is 10.1 Å². The molecule has 0 radical (unpaired) electrons. The lowest BCUT2D eigenvalue weighted by atomic mass is 9.87.